The maximum absolute atomic E-state index is 12.3. The van der Waals surface area contributed by atoms with Crippen LogP contribution in [0.25, 0.3) is 0 Å². The number of aliphatic hydroxyl groups is 2. The van der Waals surface area contributed by atoms with Crippen molar-refractivity contribution in [1.82, 2.24) is 10.6 Å². The molecule has 0 bridgehead atoms. The highest BCUT2D eigenvalue weighted by atomic mass is 16.7. The Morgan fingerprint density at radius 2 is 1.33 bits per heavy atom. The molecule has 3 rings (SSSR count). The van der Waals surface area contributed by atoms with Gasteiger partial charge in [0.15, 0.2) is 24.8 Å². The summed E-state index contributed by atoms with van der Waals surface area (Å²) in [5.41, 5.74) is 0.846. The molecule has 0 radical (unpaired) electrons. The van der Waals surface area contributed by atoms with E-state index in [9.17, 15) is 34.2 Å². The SMILES string of the molecule is CC(=O)N[C@@H]1[C@@H](O[C@@H]2O[C@H](COC(C)=O)[C@@H](OC(C)=O)[C@H](OC(C)=O)[C@H]2NC(C)=O)[C@H](O)[C@@H](COCc2ccccc2)O[C@H]1O. The van der Waals surface area contributed by atoms with Gasteiger partial charge in [-0.2, -0.15) is 0 Å². The lowest BCUT2D eigenvalue weighted by Gasteiger charge is -2.48. The minimum atomic E-state index is -1.69. The van der Waals surface area contributed by atoms with Gasteiger partial charge in [0, 0.05) is 34.6 Å². The van der Waals surface area contributed by atoms with E-state index in [0.717, 1.165) is 26.3 Å². The van der Waals surface area contributed by atoms with E-state index >= 15 is 0 Å². The van der Waals surface area contributed by atoms with Crippen LogP contribution in [0.2, 0.25) is 0 Å². The normalized spacial score (nSPS) is 31.3. The van der Waals surface area contributed by atoms with Crippen molar-refractivity contribution in [3.8, 4) is 0 Å². The topological polar surface area (TPSA) is 214 Å². The zero-order chi connectivity index (χ0) is 33.3. The number of esters is 3. The molecular weight excluding hydrogens is 600 g/mol. The van der Waals surface area contributed by atoms with Crippen LogP contribution in [0.5, 0.6) is 0 Å². The number of hydrogen-bond donors (Lipinski definition) is 4. The lowest BCUT2D eigenvalue weighted by Crippen LogP contribution is -2.70. The molecule has 1 aromatic carbocycles. The summed E-state index contributed by atoms with van der Waals surface area (Å²) in [5.74, 6) is -3.51. The van der Waals surface area contributed by atoms with Gasteiger partial charge in [0.05, 0.1) is 13.2 Å². The van der Waals surface area contributed by atoms with Gasteiger partial charge in [0.1, 0.15) is 43.1 Å². The largest absolute Gasteiger partial charge is 0.463 e. The number of nitrogens with one attached hydrogen (secondary N) is 2. The van der Waals surface area contributed by atoms with Crippen LogP contribution in [0, 0.1) is 0 Å². The first-order chi connectivity index (χ1) is 21.3. The smallest absolute Gasteiger partial charge is 0.303 e. The fourth-order valence-electron chi connectivity index (χ4n) is 5.05. The number of carbonyl (C=O) groups is 5. The molecule has 2 aliphatic rings. The molecule has 0 aliphatic carbocycles. The number of hydrogen-bond acceptors (Lipinski definition) is 14. The molecule has 2 fully saturated rings. The molecular formula is C29H40N2O14. The summed E-state index contributed by atoms with van der Waals surface area (Å²) < 4.78 is 39.4. The third kappa shape index (κ3) is 10.4. The van der Waals surface area contributed by atoms with Crippen LogP contribution in [0.15, 0.2) is 30.3 Å². The van der Waals surface area contributed by atoms with E-state index in [2.05, 4.69) is 10.6 Å². The summed E-state index contributed by atoms with van der Waals surface area (Å²) >= 11 is 0. The van der Waals surface area contributed by atoms with Gasteiger partial charge in [-0.1, -0.05) is 30.3 Å². The van der Waals surface area contributed by atoms with Crippen molar-refractivity contribution in [2.75, 3.05) is 13.2 Å². The molecule has 16 heteroatoms. The number of carbonyl (C=O) groups excluding carboxylic acids is 5. The highest BCUT2D eigenvalue weighted by molar-refractivity contribution is 5.74. The number of amides is 2. The van der Waals surface area contributed by atoms with Crippen molar-refractivity contribution in [2.24, 2.45) is 0 Å². The van der Waals surface area contributed by atoms with E-state index in [4.69, 9.17) is 33.2 Å². The van der Waals surface area contributed by atoms with Gasteiger partial charge < -0.3 is 54.0 Å². The van der Waals surface area contributed by atoms with Crippen LogP contribution in [0.3, 0.4) is 0 Å². The van der Waals surface area contributed by atoms with E-state index in [1.54, 1.807) is 0 Å². The van der Waals surface area contributed by atoms with Gasteiger partial charge in [-0.05, 0) is 5.56 Å². The minimum absolute atomic E-state index is 0.167. The maximum atomic E-state index is 12.3. The first-order valence-corrected chi connectivity index (χ1v) is 14.2. The van der Waals surface area contributed by atoms with E-state index in [-0.39, 0.29) is 13.2 Å². The van der Waals surface area contributed by atoms with E-state index in [1.165, 1.54) is 13.8 Å². The molecule has 0 unspecified atom stereocenters. The lowest BCUT2D eigenvalue weighted by molar-refractivity contribution is -0.326. The molecule has 2 saturated heterocycles. The third-order valence-electron chi connectivity index (χ3n) is 6.82. The molecule has 0 aromatic heterocycles. The van der Waals surface area contributed by atoms with Crippen molar-refractivity contribution in [1.29, 1.82) is 0 Å². The Hall–Kier alpha value is -3.67. The molecule has 2 amide bonds. The Kier molecular flexibility index (Phi) is 13.2. The molecule has 0 spiro atoms. The van der Waals surface area contributed by atoms with Crippen LogP contribution in [-0.2, 0) is 63.7 Å². The van der Waals surface area contributed by atoms with Gasteiger partial charge >= 0.3 is 17.9 Å². The summed E-state index contributed by atoms with van der Waals surface area (Å²) in [7, 11) is 0. The predicted molar refractivity (Wildman–Crippen MR) is 149 cm³/mol. The Morgan fingerprint density at radius 1 is 0.733 bits per heavy atom. The van der Waals surface area contributed by atoms with Gasteiger partial charge in [-0.25, -0.2) is 0 Å². The fraction of sp³-hybridized carbons (Fsp3) is 0.621. The van der Waals surface area contributed by atoms with Crippen molar-refractivity contribution in [3.05, 3.63) is 35.9 Å². The fourth-order valence-corrected chi connectivity index (χ4v) is 5.05. The molecule has 2 heterocycles. The lowest BCUT2D eigenvalue weighted by atomic mass is 9.94. The van der Waals surface area contributed by atoms with Crippen LogP contribution < -0.4 is 10.6 Å². The second kappa shape index (κ2) is 16.6. The van der Waals surface area contributed by atoms with Crippen LogP contribution >= 0.6 is 0 Å². The molecule has 16 nitrogen and oxygen atoms in total. The molecule has 2 aliphatic heterocycles. The van der Waals surface area contributed by atoms with Gasteiger partial charge in [-0.15, -0.1) is 0 Å². The van der Waals surface area contributed by atoms with Crippen molar-refractivity contribution in [3.63, 3.8) is 0 Å². The number of aliphatic hydroxyl groups excluding tert-OH is 2. The second-order valence-corrected chi connectivity index (χ2v) is 10.6. The molecule has 1 aromatic rings. The van der Waals surface area contributed by atoms with Gasteiger partial charge in [-0.3, -0.25) is 24.0 Å². The standard InChI is InChI=1S/C29H40N2O14/c1-14(32)30-22-26(24(37)20(43-28(22)38)12-39-11-19-9-7-6-8-10-19)45-29-23(31-15(2)33)27(42-18(5)36)25(41-17(4)35)21(44-29)13-40-16(3)34/h6-10,20-29,37-38H,11-13H2,1-5H3,(H,30,32)(H,31,33)/t20-,21-,22-,23-,24-,25-,26-,27-,28-,29+/m1/s1. The van der Waals surface area contributed by atoms with Crippen LogP contribution in [-0.4, -0.2) is 114 Å². The van der Waals surface area contributed by atoms with Gasteiger partial charge in [0.2, 0.25) is 11.8 Å². The molecule has 4 N–H and O–H groups in total. The van der Waals surface area contributed by atoms with Crippen molar-refractivity contribution in [2.45, 2.75) is 103 Å². The first-order valence-electron chi connectivity index (χ1n) is 14.2. The highest BCUT2D eigenvalue weighted by Crippen LogP contribution is 2.32. The monoisotopic (exact) mass is 640 g/mol. The summed E-state index contributed by atoms with van der Waals surface area (Å²) in [4.78, 5) is 60.2. The zero-order valence-electron chi connectivity index (χ0n) is 25.6. The van der Waals surface area contributed by atoms with Crippen molar-refractivity contribution < 1.29 is 67.3 Å². The van der Waals surface area contributed by atoms with Crippen LogP contribution in [0.1, 0.15) is 40.2 Å². The Labute approximate surface area is 259 Å². The van der Waals surface area contributed by atoms with Crippen molar-refractivity contribution >= 4 is 29.7 Å². The average Bonchev–Trinajstić information content (AvgIpc) is 2.94. The maximum Gasteiger partial charge on any atom is 0.303 e. The summed E-state index contributed by atoms with van der Waals surface area (Å²) in [6.45, 7) is 5.16. The minimum Gasteiger partial charge on any atom is -0.463 e. The molecule has 10 atom stereocenters. The first kappa shape index (κ1) is 35.8. The van der Waals surface area contributed by atoms with E-state index in [1.807, 2.05) is 30.3 Å². The molecule has 250 valence electrons. The van der Waals surface area contributed by atoms with E-state index < -0.39 is 97.6 Å². The molecule has 45 heavy (non-hydrogen) atoms. The number of rotatable bonds is 12. The van der Waals surface area contributed by atoms with Crippen LogP contribution in [0.4, 0.5) is 0 Å². The Bertz CT molecular complexity index is 1180. The summed E-state index contributed by atoms with van der Waals surface area (Å²) in [6, 6.07) is 6.46. The average molecular weight is 641 g/mol. The summed E-state index contributed by atoms with van der Waals surface area (Å²) in [5, 5.41) is 27.3. The van der Waals surface area contributed by atoms with E-state index in [0.29, 0.717) is 0 Å². The predicted octanol–water partition coefficient (Wildman–Crippen LogP) is -1.17. The quantitative estimate of drug-likeness (QED) is 0.157. The summed E-state index contributed by atoms with van der Waals surface area (Å²) in [6.07, 6.45) is -11.5. The van der Waals surface area contributed by atoms with Gasteiger partial charge in [0.25, 0.3) is 0 Å². The molecule has 0 saturated carbocycles. The number of benzene rings is 1. The Morgan fingerprint density at radius 3 is 1.91 bits per heavy atom. The third-order valence-corrected chi connectivity index (χ3v) is 6.82. The second-order valence-electron chi connectivity index (χ2n) is 10.6. The highest BCUT2D eigenvalue weighted by Gasteiger charge is 2.54. The zero-order valence-corrected chi connectivity index (χ0v) is 25.6. The number of ether oxygens (including phenoxy) is 7. The Balaban J connectivity index is 1.95.